The fraction of sp³-hybridized carbons (Fsp3) is 0.320. The van der Waals surface area contributed by atoms with Gasteiger partial charge in [-0.15, -0.1) is 0 Å². The van der Waals surface area contributed by atoms with Gasteiger partial charge in [-0.3, -0.25) is 9.29 Å². The lowest BCUT2D eigenvalue weighted by atomic mass is 10.1. The number of halogens is 1. The minimum Gasteiger partial charge on any atom is -0.505 e. The summed E-state index contributed by atoms with van der Waals surface area (Å²) in [6.07, 6.45) is 3.10. The van der Waals surface area contributed by atoms with Gasteiger partial charge in [0.1, 0.15) is 11.3 Å². The number of hydrogen-bond acceptors (Lipinski definition) is 6. The Bertz CT molecular complexity index is 1460. The van der Waals surface area contributed by atoms with Crippen molar-refractivity contribution in [1.29, 1.82) is 0 Å². The van der Waals surface area contributed by atoms with Crippen LogP contribution in [0.3, 0.4) is 0 Å². The molecule has 2 N–H and O–H groups in total. The molecule has 4 aromatic rings. The van der Waals surface area contributed by atoms with E-state index >= 15 is 0 Å². The smallest absolute Gasteiger partial charge is 0.236 e. The van der Waals surface area contributed by atoms with E-state index < -0.39 is 10.0 Å². The van der Waals surface area contributed by atoms with Crippen molar-refractivity contribution in [3.8, 4) is 11.6 Å². The fourth-order valence-electron chi connectivity index (χ4n) is 4.31. The Labute approximate surface area is 203 Å². The predicted octanol–water partition coefficient (Wildman–Crippen LogP) is 3.90. The van der Waals surface area contributed by atoms with Crippen LogP contribution in [-0.2, 0) is 16.6 Å². The van der Waals surface area contributed by atoms with Crippen LogP contribution in [0.15, 0.2) is 48.8 Å². The van der Waals surface area contributed by atoms with Gasteiger partial charge in [-0.25, -0.2) is 12.8 Å². The predicted molar refractivity (Wildman–Crippen MR) is 136 cm³/mol. The van der Waals surface area contributed by atoms with Gasteiger partial charge < -0.3 is 19.7 Å². The molecule has 8 nitrogen and oxygen atoms in total. The van der Waals surface area contributed by atoms with Gasteiger partial charge in [0.25, 0.3) is 0 Å². The SMILES string of the molecule is CCN(CC)CCS(=O)(=O)N(C)c1c2cccnc2c(O)c2c(O)n(Cc3ccc(F)cc3)cc12. The summed E-state index contributed by atoms with van der Waals surface area (Å²) in [7, 11) is -2.27. The molecule has 0 atom stereocenters. The van der Waals surface area contributed by atoms with Crippen LogP contribution in [0, 0.1) is 5.82 Å². The standard InChI is InChI=1S/C25H29FN4O4S/c1-4-29(5-2)13-14-35(33,34)28(3)23-19-7-6-12-27-22(19)24(31)21-20(23)16-30(25(21)32)15-17-8-10-18(26)11-9-17/h6-12,16,31-32H,4-5,13-15H2,1-3H3. The highest BCUT2D eigenvalue weighted by atomic mass is 32.2. The molecule has 2 aromatic carbocycles. The maximum absolute atomic E-state index is 13.4. The van der Waals surface area contributed by atoms with Crippen molar-refractivity contribution in [2.75, 3.05) is 36.7 Å². The monoisotopic (exact) mass is 500 g/mol. The lowest BCUT2D eigenvalue weighted by molar-refractivity contribution is 0.321. The van der Waals surface area contributed by atoms with Gasteiger partial charge in [0.05, 0.1) is 23.4 Å². The first-order chi connectivity index (χ1) is 16.7. The van der Waals surface area contributed by atoms with Crippen molar-refractivity contribution in [3.63, 3.8) is 0 Å². The molecular weight excluding hydrogens is 471 g/mol. The molecule has 0 radical (unpaired) electrons. The van der Waals surface area contributed by atoms with Gasteiger partial charge in [-0.2, -0.15) is 0 Å². The molecule has 2 heterocycles. The molecule has 0 amide bonds. The minimum absolute atomic E-state index is 0.0857. The van der Waals surface area contributed by atoms with Gasteiger partial charge in [0.2, 0.25) is 15.9 Å². The van der Waals surface area contributed by atoms with E-state index in [4.69, 9.17) is 0 Å². The maximum Gasteiger partial charge on any atom is 0.236 e. The normalized spacial score (nSPS) is 12.1. The molecule has 0 spiro atoms. The number of pyridine rings is 1. The van der Waals surface area contributed by atoms with Crippen molar-refractivity contribution in [2.24, 2.45) is 0 Å². The number of aromatic nitrogens is 2. The van der Waals surface area contributed by atoms with Crippen LogP contribution in [0.2, 0.25) is 0 Å². The molecule has 0 saturated heterocycles. The van der Waals surface area contributed by atoms with E-state index in [0.29, 0.717) is 23.0 Å². The molecule has 0 saturated carbocycles. The topological polar surface area (TPSA) is 98.9 Å². The number of hydrogen-bond donors (Lipinski definition) is 2. The third-order valence-corrected chi connectivity index (χ3v) is 8.10. The third-order valence-electron chi connectivity index (χ3n) is 6.39. The Balaban J connectivity index is 1.88. The summed E-state index contributed by atoms with van der Waals surface area (Å²) in [6.45, 7) is 6.03. The number of phenols is 1. The van der Waals surface area contributed by atoms with Crippen molar-refractivity contribution in [1.82, 2.24) is 14.5 Å². The minimum atomic E-state index is -3.74. The molecule has 0 bridgehead atoms. The zero-order chi connectivity index (χ0) is 25.3. The Hall–Kier alpha value is -3.37. The molecule has 0 unspecified atom stereocenters. The lowest BCUT2D eigenvalue weighted by Gasteiger charge is -2.24. The molecule has 35 heavy (non-hydrogen) atoms. The summed E-state index contributed by atoms with van der Waals surface area (Å²) in [6, 6.07) is 9.22. The first kappa shape index (κ1) is 24.7. The Morgan fingerprint density at radius 3 is 2.40 bits per heavy atom. The number of fused-ring (bicyclic) bond motifs is 2. The summed E-state index contributed by atoms with van der Waals surface area (Å²) >= 11 is 0. The first-order valence-electron chi connectivity index (χ1n) is 11.4. The maximum atomic E-state index is 13.4. The molecule has 186 valence electrons. The quantitative estimate of drug-likeness (QED) is 0.362. The van der Waals surface area contributed by atoms with Crippen LogP contribution in [0.1, 0.15) is 19.4 Å². The van der Waals surface area contributed by atoms with E-state index in [-0.39, 0.29) is 40.6 Å². The van der Waals surface area contributed by atoms with Gasteiger partial charge in [0, 0.05) is 36.8 Å². The highest BCUT2D eigenvalue weighted by Crippen LogP contribution is 2.46. The molecule has 0 aliphatic rings. The van der Waals surface area contributed by atoms with Gasteiger partial charge in [0.15, 0.2) is 5.75 Å². The van der Waals surface area contributed by atoms with Crippen LogP contribution >= 0.6 is 0 Å². The molecule has 10 heteroatoms. The van der Waals surface area contributed by atoms with Crippen molar-refractivity contribution < 1.29 is 23.0 Å². The number of benzene rings is 2. The van der Waals surface area contributed by atoms with E-state index in [9.17, 15) is 23.0 Å². The van der Waals surface area contributed by atoms with Crippen LogP contribution in [0.4, 0.5) is 10.1 Å². The van der Waals surface area contributed by atoms with E-state index in [2.05, 4.69) is 4.98 Å². The summed E-state index contributed by atoms with van der Waals surface area (Å²) in [5.41, 5.74) is 1.25. The summed E-state index contributed by atoms with van der Waals surface area (Å²) < 4.78 is 42.8. The van der Waals surface area contributed by atoms with Gasteiger partial charge in [-0.1, -0.05) is 26.0 Å². The second kappa shape index (κ2) is 9.71. The van der Waals surface area contributed by atoms with Crippen LogP contribution in [0.5, 0.6) is 11.6 Å². The second-order valence-electron chi connectivity index (χ2n) is 8.40. The average Bonchev–Trinajstić information content (AvgIpc) is 3.17. The fourth-order valence-corrected chi connectivity index (χ4v) is 5.55. The number of nitrogens with zero attached hydrogens (tertiary/aromatic N) is 4. The van der Waals surface area contributed by atoms with Gasteiger partial charge in [-0.05, 0) is 42.9 Å². The zero-order valence-electron chi connectivity index (χ0n) is 19.9. The third kappa shape index (κ3) is 4.63. The van der Waals surface area contributed by atoms with E-state index in [1.165, 1.54) is 34.2 Å². The van der Waals surface area contributed by atoms with Crippen LogP contribution in [0.25, 0.3) is 21.7 Å². The molecule has 0 fully saturated rings. The van der Waals surface area contributed by atoms with Gasteiger partial charge >= 0.3 is 0 Å². The number of rotatable bonds is 9. The molecule has 2 aromatic heterocycles. The largest absolute Gasteiger partial charge is 0.505 e. The number of sulfonamides is 1. The lowest BCUT2D eigenvalue weighted by Crippen LogP contribution is -2.36. The van der Waals surface area contributed by atoms with E-state index in [1.54, 1.807) is 30.5 Å². The van der Waals surface area contributed by atoms with E-state index in [0.717, 1.165) is 18.7 Å². The number of anilines is 1. The molecule has 4 rings (SSSR count). The molecule has 0 aliphatic carbocycles. The van der Waals surface area contributed by atoms with E-state index in [1.807, 2.05) is 18.7 Å². The highest BCUT2D eigenvalue weighted by Gasteiger charge is 2.28. The number of phenolic OH excluding ortho intramolecular Hbond substituents is 1. The Morgan fingerprint density at radius 2 is 1.74 bits per heavy atom. The summed E-state index contributed by atoms with van der Waals surface area (Å²) in [4.78, 5) is 6.29. The second-order valence-corrected chi connectivity index (χ2v) is 10.5. The van der Waals surface area contributed by atoms with Crippen molar-refractivity contribution in [2.45, 2.75) is 20.4 Å². The van der Waals surface area contributed by atoms with Crippen molar-refractivity contribution >= 4 is 37.4 Å². The van der Waals surface area contributed by atoms with Crippen molar-refractivity contribution in [3.05, 3.63) is 60.2 Å². The number of aromatic hydroxyl groups is 2. The summed E-state index contributed by atoms with van der Waals surface area (Å²) in [5.74, 6) is -0.921. The molecule has 0 aliphatic heterocycles. The zero-order valence-corrected chi connectivity index (χ0v) is 20.8. The molecular formula is C25H29FN4O4S. The van der Waals surface area contributed by atoms with Crippen LogP contribution < -0.4 is 4.31 Å². The van der Waals surface area contributed by atoms with Crippen LogP contribution in [-0.4, -0.2) is 65.5 Å². The average molecular weight is 501 g/mol. The Morgan fingerprint density at radius 1 is 1.06 bits per heavy atom. The first-order valence-corrected chi connectivity index (χ1v) is 13.0. The Kier molecular flexibility index (Phi) is 6.86. The highest BCUT2D eigenvalue weighted by molar-refractivity contribution is 7.92. The summed E-state index contributed by atoms with van der Waals surface area (Å²) in [5, 5.41) is 22.9.